The maximum Gasteiger partial charge on any atom is 0.188 e. The zero-order chi connectivity index (χ0) is 6.85. The maximum absolute atomic E-state index is 8.85. The second-order valence-corrected chi connectivity index (χ2v) is 2.45. The Morgan fingerprint density at radius 3 is 2.33 bits per heavy atom. The van der Waals surface area contributed by atoms with E-state index in [1.54, 1.807) is 6.07 Å². The first-order valence-electron chi connectivity index (χ1n) is 3.08. The van der Waals surface area contributed by atoms with E-state index in [9.17, 15) is 0 Å². The van der Waals surface area contributed by atoms with Crippen molar-refractivity contribution in [1.29, 1.82) is 0 Å². The number of hydrogen-bond acceptors (Lipinski definition) is 1. The van der Waals surface area contributed by atoms with Crippen LogP contribution in [0, 0.1) is 0 Å². The molecule has 1 heterocycles. The van der Waals surface area contributed by atoms with Crippen molar-refractivity contribution in [3.8, 4) is 5.88 Å². The van der Waals surface area contributed by atoms with Crippen LogP contribution in [0.25, 0.3) is 0 Å². The van der Waals surface area contributed by atoms with Gasteiger partial charge in [-0.3, -0.25) is 0 Å². The number of hydrogen-bond donors (Lipinski definition) is 2. The molecule has 1 aromatic heterocycles. The van der Waals surface area contributed by atoms with Crippen molar-refractivity contribution in [3.05, 3.63) is 17.8 Å². The minimum absolute atomic E-state index is 0.249. The van der Waals surface area contributed by atoms with Gasteiger partial charge in [0.2, 0.25) is 0 Å². The molecule has 1 aromatic rings. The molecular weight excluding hydrogens is 114 g/mol. The summed E-state index contributed by atoms with van der Waals surface area (Å²) in [6, 6.07) is 3.55. The van der Waals surface area contributed by atoms with Gasteiger partial charge in [-0.05, 0) is 18.1 Å². The van der Waals surface area contributed by atoms with E-state index in [0.717, 1.165) is 5.69 Å². The summed E-state index contributed by atoms with van der Waals surface area (Å²) in [4.78, 5) is 2.83. The van der Waals surface area contributed by atoms with Crippen LogP contribution in [0.15, 0.2) is 12.1 Å². The van der Waals surface area contributed by atoms with Gasteiger partial charge in [0.05, 0.1) is 0 Å². The Kier molecular flexibility index (Phi) is 1.47. The number of aromatic amines is 1. The van der Waals surface area contributed by atoms with Gasteiger partial charge in [0.15, 0.2) is 5.88 Å². The molecular formula is C7H11NO. The third-order valence-corrected chi connectivity index (χ3v) is 1.32. The van der Waals surface area contributed by atoms with Crippen molar-refractivity contribution < 1.29 is 5.11 Å². The smallest absolute Gasteiger partial charge is 0.188 e. The third kappa shape index (κ3) is 1.25. The molecule has 2 nitrogen and oxygen atoms in total. The molecule has 1 rings (SSSR count). The summed E-state index contributed by atoms with van der Waals surface area (Å²) in [5.41, 5.74) is 1.08. The highest BCUT2D eigenvalue weighted by Gasteiger charge is 1.99. The highest BCUT2D eigenvalue weighted by atomic mass is 16.3. The molecule has 0 aliphatic carbocycles. The second-order valence-electron chi connectivity index (χ2n) is 2.45. The fraction of sp³-hybridized carbons (Fsp3) is 0.429. The number of H-pyrrole nitrogens is 1. The second kappa shape index (κ2) is 2.13. The molecule has 9 heavy (non-hydrogen) atoms. The first-order chi connectivity index (χ1) is 4.20. The summed E-state index contributed by atoms with van der Waals surface area (Å²) < 4.78 is 0. The molecule has 2 heteroatoms. The van der Waals surface area contributed by atoms with Crippen LogP contribution in [0.4, 0.5) is 0 Å². The lowest BCUT2D eigenvalue weighted by atomic mass is 10.1. The van der Waals surface area contributed by atoms with Gasteiger partial charge in [-0.2, -0.15) is 0 Å². The highest BCUT2D eigenvalue weighted by Crippen LogP contribution is 2.15. The topological polar surface area (TPSA) is 36.0 Å². The highest BCUT2D eigenvalue weighted by molar-refractivity contribution is 5.18. The van der Waals surface area contributed by atoms with Gasteiger partial charge in [-0.25, -0.2) is 0 Å². The summed E-state index contributed by atoms with van der Waals surface area (Å²) in [5, 5.41) is 8.85. The van der Waals surface area contributed by atoms with Gasteiger partial charge in [0.25, 0.3) is 0 Å². The number of nitrogens with one attached hydrogen (secondary N) is 1. The Labute approximate surface area is 54.5 Å². The molecule has 0 spiro atoms. The molecule has 0 saturated carbocycles. The van der Waals surface area contributed by atoms with Crippen LogP contribution in [0.2, 0.25) is 0 Å². The summed E-state index contributed by atoms with van der Waals surface area (Å²) in [5.74, 6) is 0.713. The first-order valence-corrected chi connectivity index (χ1v) is 3.08. The Hall–Kier alpha value is -0.920. The molecule has 0 saturated heterocycles. The molecule has 0 aliphatic heterocycles. The predicted molar refractivity (Wildman–Crippen MR) is 36.5 cm³/mol. The van der Waals surface area contributed by atoms with Gasteiger partial charge in [-0.1, -0.05) is 13.8 Å². The molecule has 0 amide bonds. The van der Waals surface area contributed by atoms with E-state index in [-0.39, 0.29) is 5.88 Å². The lowest BCUT2D eigenvalue weighted by molar-refractivity contribution is 0.455. The number of rotatable bonds is 1. The van der Waals surface area contributed by atoms with Gasteiger partial charge >= 0.3 is 0 Å². The zero-order valence-electron chi connectivity index (χ0n) is 5.68. The summed E-state index contributed by atoms with van der Waals surface area (Å²) in [6.45, 7) is 4.15. The van der Waals surface area contributed by atoms with Crippen molar-refractivity contribution in [2.24, 2.45) is 0 Å². The van der Waals surface area contributed by atoms with Crippen molar-refractivity contribution in [1.82, 2.24) is 4.98 Å². The van der Waals surface area contributed by atoms with Gasteiger partial charge in [-0.15, -0.1) is 0 Å². The summed E-state index contributed by atoms with van der Waals surface area (Å²) in [6.07, 6.45) is 0. The van der Waals surface area contributed by atoms with Gasteiger partial charge < -0.3 is 10.1 Å². The van der Waals surface area contributed by atoms with E-state index in [4.69, 9.17) is 5.11 Å². The molecule has 0 aromatic carbocycles. The Bertz CT molecular complexity index is 191. The average molecular weight is 125 g/mol. The van der Waals surface area contributed by atoms with Crippen LogP contribution in [0.5, 0.6) is 5.88 Å². The van der Waals surface area contributed by atoms with E-state index in [0.29, 0.717) is 5.92 Å². The third-order valence-electron chi connectivity index (χ3n) is 1.32. The molecule has 0 atom stereocenters. The molecule has 0 aliphatic rings. The molecule has 0 unspecified atom stereocenters. The molecule has 0 bridgehead atoms. The van der Waals surface area contributed by atoms with E-state index < -0.39 is 0 Å². The largest absolute Gasteiger partial charge is 0.495 e. The zero-order valence-corrected chi connectivity index (χ0v) is 5.68. The van der Waals surface area contributed by atoms with E-state index in [1.807, 2.05) is 6.07 Å². The van der Waals surface area contributed by atoms with Crippen LogP contribution in [0.3, 0.4) is 0 Å². The van der Waals surface area contributed by atoms with E-state index in [1.165, 1.54) is 0 Å². The molecule has 2 N–H and O–H groups in total. The van der Waals surface area contributed by atoms with Gasteiger partial charge in [0.1, 0.15) is 0 Å². The van der Waals surface area contributed by atoms with E-state index in [2.05, 4.69) is 18.8 Å². The maximum atomic E-state index is 8.85. The van der Waals surface area contributed by atoms with Gasteiger partial charge in [0, 0.05) is 5.69 Å². The van der Waals surface area contributed by atoms with Crippen LogP contribution in [0.1, 0.15) is 25.5 Å². The van der Waals surface area contributed by atoms with Crippen molar-refractivity contribution in [2.45, 2.75) is 19.8 Å². The van der Waals surface area contributed by atoms with Crippen molar-refractivity contribution in [3.63, 3.8) is 0 Å². The van der Waals surface area contributed by atoms with Crippen molar-refractivity contribution >= 4 is 0 Å². The Balaban J connectivity index is 2.85. The van der Waals surface area contributed by atoms with Crippen LogP contribution < -0.4 is 0 Å². The summed E-state index contributed by atoms with van der Waals surface area (Å²) >= 11 is 0. The van der Waals surface area contributed by atoms with Crippen LogP contribution >= 0.6 is 0 Å². The lowest BCUT2D eigenvalue weighted by Gasteiger charge is -1.97. The standard InChI is InChI=1S/C7H11NO/c1-5(2)6-3-4-7(9)8-6/h3-5,8-9H,1-2H3. The summed E-state index contributed by atoms with van der Waals surface area (Å²) in [7, 11) is 0. The monoisotopic (exact) mass is 125 g/mol. The minimum Gasteiger partial charge on any atom is -0.495 e. The first kappa shape index (κ1) is 6.20. The fourth-order valence-electron chi connectivity index (χ4n) is 0.737. The number of aromatic nitrogens is 1. The van der Waals surface area contributed by atoms with Crippen LogP contribution in [-0.2, 0) is 0 Å². The number of aromatic hydroxyl groups is 1. The Morgan fingerprint density at radius 2 is 2.11 bits per heavy atom. The quantitative estimate of drug-likeness (QED) is 0.590. The average Bonchev–Trinajstić information content (AvgIpc) is 2.14. The molecule has 0 radical (unpaired) electrons. The van der Waals surface area contributed by atoms with Crippen LogP contribution in [-0.4, -0.2) is 10.1 Å². The Morgan fingerprint density at radius 1 is 1.44 bits per heavy atom. The van der Waals surface area contributed by atoms with Crippen molar-refractivity contribution in [2.75, 3.05) is 0 Å². The minimum atomic E-state index is 0.249. The fourth-order valence-corrected chi connectivity index (χ4v) is 0.737. The van der Waals surface area contributed by atoms with E-state index >= 15 is 0 Å². The lowest BCUT2D eigenvalue weighted by Crippen LogP contribution is -1.84. The SMILES string of the molecule is CC(C)c1ccc(O)[nH]1. The normalized spacial score (nSPS) is 10.6. The predicted octanol–water partition coefficient (Wildman–Crippen LogP) is 1.84. The molecule has 50 valence electrons. The molecule has 0 fully saturated rings.